The van der Waals surface area contributed by atoms with Crippen LogP contribution in [0.5, 0.6) is 5.88 Å². The first kappa shape index (κ1) is 13.1. The first-order chi connectivity index (χ1) is 9.13. The number of ether oxygens (including phenoxy) is 1. The number of hydrogen-bond acceptors (Lipinski definition) is 5. The van der Waals surface area contributed by atoms with Crippen LogP contribution in [0.25, 0.3) is 0 Å². The number of nitrogens with one attached hydrogen (secondary N) is 1. The summed E-state index contributed by atoms with van der Waals surface area (Å²) in [5.74, 6) is 0.764. The summed E-state index contributed by atoms with van der Waals surface area (Å²) in [7, 11) is 1.48. The van der Waals surface area contributed by atoms with Crippen molar-refractivity contribution in [3.8, 4) is 5.88 Å². The maximum absolute atomic E-state index is 12.1. The second kappa shape index (κ2) is 5.51. The summed E-state index contributed by atoms with van der Waals surface area (Å²) in [5, 5.41) is 6.64. The third-order valence-electron chi connectivity index (χ3n) is 2.82. The van der Waals surface area contributed by atoms with E-state index < -0.39 is 0 Å². The Labute approximate surface area is 110 Å². The van der Waals surface area contributed by atoms with E-state index in [2.05, 4.69) is 15.5 Å². The Morgan fingerprint density at radius 1 is 1.47 bits per heavy atom. The molecule has 1 amide bonds. The van der Waals surface area contributed by atoms with Crippen molar-refractivity contribution < 1.29 is 14.1 Å². The molecule has 2 aromatic rings. The number of aryl methyl sites for hydroxylation is 2. The van der Waals surface area contributed by atoms with Crippen LogP contribution in [0, 0.1) is 13.8 Å². The summed E-state index contributed by atoms with van der Waals surface area (Å²) in [4.78, 5) is 16.0. The molecule has 0 aliphatic carbocycles. The molecule has 100 valence electrons. The fourth-order valence-electron chi connectivity index (χ4n) is 1.74. The van der Waals surface area contributed by atoms with Crippen molar-refractivity contribution in [1.29, 1.82) is 0 Å². The summed E-state index contributed by atoms with van der Waals surface area (Å²) in [6.07, 6.45) is 1.57. The normalized spacial score (nSPS) is 10.3. The van der Waals surface area contributed by atoms with Gasteiger partial charge in [-0.25, -0.2) is 4.98 Å². The van der Waals surface area contributed by atoms with E-state index in [-0.39, 0.29) is 5.91 Å². The maximum Gasteiger partial charge on any atom is 0.257 e. The van der Waals surface area contributed by atoms with Crippen molar-refractivity contribution in [2.75, 3.05) is 7.11 Å². The van der Waals surface area contributed by atoms with Gasteiger partial charge >= 0.3 is 0 Å². The Kier molecular flexibility index (Phi) is 3.79. The van der Waals surface area contributed by atoms with Gasteiger partial charge in [-0.3, -0.25) is 4.79 Å². The van der Waals surface area contributed by atoms with Crippen LogP contribution in [-0.2, 0) is 6.54 Å². The summed E-state index contributed by atoms with van der Waals surface area (Å²) >= 11 is 0. The van der Waals surface area contributed by atoms with Gasteiger partial charge in [-0.1, -0.05) is 5.16 Å². The third-order valence-corrected chi connectivity index (χ3v) is 2.82. The number of methoxy groups -OCH3 is 1. The van der Waals surface area contributed by atoms with Gasteiger partial charge < -0.3 is 14.6 Å². The fourth-order valence-corrected chi connectivity index (χ4v) is 1.74. The monoisotopic (exact) mass is 261 g/mol. The summed E-state index contributed by atoms with van der Waals surface area (Å²) in [5.41, 5.74) is 2.06. The van der Waals surface area contributed by atoms with E-state index in [9.17, 15) is 4.79 Å². The summed E-state index contributed by atoms with van der Waals surface area (Å²) in [6.45, 7) is 4.01. The number of hydrogen-bond donors (Lipinski definition) is 1. The molecule has 0 aromatic carbocycles. The van der Waals surface area contributed by atoms with Crippen molar-refractivity contribution in [2.45, 2.75) is 20.4 Å². The number of pyridine rings is 1. The second-order valence-corrected chi connectivity index (χ2v) is 4.05. The van der Waals surface area contributed by atoms with Crippen LogP contribution < -0.4 is 10.1 Å². The van der Waals surface area contributed by atoms with Gasteiger partial charge in [0.25, 0.3) is 5.91 Å². The fraction of sp³-hybridized carbons (Fsp3) is 0.308. The SMILES string of the molecule is COc1ncccc1C(=O)NCc1c(C)noc1C. The molecule has 0 aliphatic heterocycles. The second-order valence-electron chi connectivity index (χ2n) is 4.05. The molecule has 0 radical (unpaired) electrons. The van der Waals surface area contributed by atoms with Crippen molar-refractivity contribution in [3.63, 3.8) is 0 Å². The molecule has 6 heteroatoms. The predicted octanol–water partition coefficient (Wildman–Crippen LogP) is 1.63. The highest BCUT2D eigenvalue weighted by molar-refractivity contribution is 5.96. The zero-order valence-corrected chi connectivity index (χ0v) is 11.1. The van der Waals surface area contributed by atoms with Crippen LogP contribution >= 0.6 is 0 Å². The predicted molar refractivity (Wildman–Crippen MR) is 67.9 cm³/mol. The minimum Gasteiger partial charge on any atom is -0.480 e. The van der Waals surface area contributed by atoms with Crippen LogP contribution in [-0.4, -0.2) is 23.2 Å². The standard InChI is InChI=1S/C13H15N3O3/c1-8-11(9(2)19-16-8)7-15-12(17)10-5-4-6-14-13(10)18-3/h4-6H,7H2,1-3H3,(H,15,17). The van der Waals surface area contributed by atoms with Gasteiger partial charge in [0.2, 0.25) is 5.88 Å². The molecular formula is C13H15N3O3. The summed E-state index contributed by atoms with van der Waals surface area (Å²) in [6, 6.07) is 3.35. The third kappa shape index (κ3) is 2.73. The Morgan fingerprint density at radius 2 is 2.26 bits per heavy atom. The molecule has 19 heavy (non-hydrogen) atoms. The van der Waals surface area contributed by atoms with Gasteiger partial charge in [0, 0.05) is 18.3 Å². The molecule has 1 N–H and O–H groups in total. The quantitative estimate of drug-likeness (QED) is 0.905. The zero-order chi connectivity index (χ0) is 13.8. The Hall–Kier alpha value is -2.37. The molecule has 2 rings (SSSR count). The van der Waals surface area contributed by atoms with E-state index in [0.717, 1.165) is 11.3 Å². The molecule has 0 unspecified atom stereocenters. The first-order valence-electron chi connectivity index (χ1n) is 5.82. The molecule has 0 fully saturated rings. The van der Waals surface area contributed by atoms with Crippen molar-refractivity contribution >= 4 is 5.91 Å². The number of amides is 1. The minimum atomic E-state index is -0.245. The molecule has 0 saturated heterocycles. The van der Waals surface area contributed by atoms with Crippen LogP contribution in [0.2, 0.25) is 0 Å². The molecular weight excluding hydrogens is 246 g/mol. The molecule has 0 saturated carbocycles. The number of rotatable bonds is 4. The lowest BCUT2D eigenvalue weighted by Gasteiger charge is -2.07. The molecule has 0 spiro atoms. The van der Waals surface area contributed by atoms with E-state index in [1.807, 2.05) is 13.8 Å². The average Bonchev–Trinajstić information content (AvgIpc) is 2.75. The highest BCUT2D eigenvalue weighted by atomic mass is 16.5. The van der Waals surface area contributed by atoms with E-state index in [0.29, 0.717) is 23.7 Å². The minimum absolute atomic E-state index is 0.245. The van der Waals surface area contributed by atoms with Crippen molar-refractivity contribution in [2.24, 2.45) is 0 Å². The van der Waals surface area contributed by atoms with Gasteiger partial charge in [0.15, 0.2) is 0 Å². The molecule has 0 bridgehead atoms. The Morgan fingerprint density at radius 3 is 2.89 bits per heavy atom. The van der Waals surface area contributed by atoms with Gasteiger partial charge in [0.05, 0.1) is 12.8 Å². The van der Waals surface area contributed by atoms with Crippen LogP contribution in [0.15, 0.2) is 22.9 Å². The average molecular weight is 261 g/mol. The number of nitrogens with zero attached hydrogens (tertiary/aromatic N) is 2. The zero-order valence-electron chi connectivity index (χ0n) is 11.1. The van der Waals surface area contributed by atoms with Gasteiger partial charge in [-0.2, -0.15) is 0 Å². The van der Waals surface area contributed by atoms with E-state index >= 15 is 0 Å². The van der Waals surface area contributed by atoms with Crippen LogP contribution in [0.4, 0.5) is 0 Å². The Balaban J connectivity index is 2.10. The van der Waals surface area contributed by atoms with E-state index in [1.54, 1.807) is 18.3 Å². The molecule has 0 aliphatic rings. The maximum atomic E-state index is 12.1. The largest absolute Gasteiger partial charge is 0.480 e. The van der Waals surface area contributed by atoms with E-state index in [4.69, 9.17) is 9.26 Å². The molecule has 6 nitrogen and oxygen atoms in total. The smallest absolute Gasteiger partial charge is 0.257 e. The lowest BCUT2D eigenvalue weighted by Crippen LogP contribution is -2.24. The first-order valence-corrected chi connectivity index (χ1v) is 5.82. The Bertz CT molecular complexity index is 573. The number of carbonyl (C=O) groups is 1. The number of carbonyl (C=O) groups excluding carboxylic acids is 1. The van der Waals surface area contributed by atoms with Crippen LogP contribution in [0.3, 0.4) is 0 Å². The van der Waals surface area contributed by atoms with Gasteiger partial charge in [-0.05, 0) is 26.0 Å². The lowest BCUT2D eigenvalue weighted by molar-refractivity contribution is 0.0947. The van der Waals surface area contributed by atoms with Crippen molar-refractivity contribution in [1.82, 2.24) is 15.5 Å². The van der Waals surface area contributed by atoms with Gasteiger partial charge in [0.1, 0.15) is 11.3 Å². The van der Waals surface area contributed by atoms with Gasteiger partial charge in [-0.15, -0.1) is 0 Å². The highest BCUT2D eigenvalue weighted by Gasteiger charge is 2.14. The van der Waals surface area contributed by atoms with Crippen LogP contribution in [0.1, 0.15) is 27.4 Å². The topological polar surface area (TPSA) is 77.2 Å². The molecule has 2 heterocycles. The molecule has 2 aromatic heterocycles. The highest BCUT2D eigenvalue weighted by Crippen LogP contribution is 2.15. The lowest BCUT2D eigenvalue weighted by atomic mass is 10.2. The summed E-state index contributed by atoms with van der Waals surface area (Å²) < 4.78 is 10.1. The van der Waals surface area contributed by atoms with Crippen molar-refractivity contribution in [3.05, 3.63) is 40.9 Å². The number of aromatic nitrogens is 2. The molecule has 0 atom stereocenters. The van der Waals surface area contributed by atoms with E-state index in [1.165, 1.54) is 7.11 Å².